The monoisotopic (exact) mass is 294 g/mol. The van der Waals surface area contributed by atoms with E-state index in [4.69, 9.17) is 0 Å². The Kier molecular flexibility index (Phi) is 2.45. The van der Waals surface area contributed by atoms with Crippen molar-refractivity contribution in [2.45, 2.75) is 12.5 Å². The van der Waals surface area contributed by atoms with Gasteiger partial charge in [-0.3, -0.25) is 10.1 Å². The highest BCUT2D eigenvalue weighted by molar-refractivity contribution is 9.10. The maximum absolute atomic E-state index is 11.2. The fourth-order valence-electron chi connectivity index (χ4n) is 2.42. The first-order valence-electron chi connectivity index (χ1n) is 5.43. The molecule has 0 amide bonds. The van der Waals surface area contributed by atoms with Crippen molar-refractivity contribution in [3.63, 3.8) is 0 Å². The topological polar surface area (TPSA) is 65.1 Å². The van der Waals surface area contributed by atoms with Crippen LogP contribution in [0.1, 0.15) is 17.3 Å². The van der Waals surface area contributed by atoms with Crippen LogP contribution in [0.15, 0.2) is 22.7 Å². The number of hydrogen-bond acceptors (Lipinski definition) is 2. The summed E-state index contributed by atoms with van der Waals surface area (Å²) in [6.07, 6.45) is 0.862. The van der Waals surface area contributed by atoms with E-state index in [9.17, 15) is 9.90 Å². The van der Waals surface area contributed by atoms with E-state index in [2.05, 4.69) is 26.2 Å². The van der Waals surface area contributed by atoms with Crippen LogP contribution in [0, 0.1) is 0 Å². The second-order valence-corrected chi connectivity index (χ2v) is 5.10. The number of aromatic nitrogens is 1. The fraction of sp³-hybridized carbons (Fsp3) is 0.250. The maximum atomic E-state index is 11.2. The first kappa shape index (κ1) is 10.8. The summed E-state index contributed by atoms with van der Waals surface area (Å²) in [5.41, 5.74) is 2.90. The molecule has 0 aliphatic carbocycles. The van der Waals surface area contributed by atoms with Gasteiger partial charge in [0.2, 0.25) is 0 Å². The molecule has 5 heteroatoms. The molecule has 0 saturated heterocycles. The lowest BCUT2D eigenvalue weighted by Crippen LogP contribution is -2.34. The summed E-state index contributed by atoms with van der Waals surface area (Å²) >= 11 is 3.42. The number of H-pyrrole nitrogens is 1. The fourth-order valence-corrected chi connectivity index (χ4v) is 2.78. The molecule has 17 heavy (non-hydrogen) atoms. The van der Waals surface area contributed by atoms with E-state index in [-0.39, 0.29) is 0 Å². The van der Waals surface area contributed by atoms with Gasteiger partial charge in [0.25, 0.3) is 0 Å². The number of nitrogens with one attached hydrogen (secondary N) is 2. The van der Waals surface area contributed by atoms with Crippen molar-refractivity contribution in [3.05, 3.63) is 33.9 Å². The molecule has 4 nitrogen and oxygen atoms in total. The van der Waals surface area contributed by atoms with Crippen LogP contribution < -0.4 is 5.32 Å². The van der Waals surface area contributed by atoms with Crippen LogP contribution in [-0.2, 0) is 11.2 Å². The van der Waals surface area contributed by atoms with Crippen LogP contribution in [-0.4, -0.2) is 22.6 Å². The van der Waals surface area contributed by atoms with E-state index < -0.39 is 12.0 Å². The lowest BCUT2D eigenvalue weighted by molar-refractivity contribution is -0.139. The first-order chi connectivity index (χ1) is 8.16. The quantitative estimate of drug-likeness (QED) is 0.755. The number of fused-ring (bicyclic) bond motifs is 3. The van der Waals surface area contributed by atoms with Crippen molar-refractivity contribution in [1.29, 1.82) is 0 Å². The molecule has 1 atom stereocenters. The Bertz CT molecular complexity index is 606. The number of carbonyl (C=O) groups is 1. The van der Waals surface area contributed by atoms with Gasteiger partial charge in [-0.15, -0.1) is 0 Å². The first-order valence-corrected chi connectivity index (χ1v) is 6.22. The van der Waals surface area contributed by atoms with Crippen molar-refractivity contribution < 1.29 is 9.90 Å². The number of aliphatic carboxylic acids is 1. The van der Waals surface area contributed by atoms with Gasteiger partial charge < -0.3 is 10.1 Å². The second kappa shape index (κ2) is 3.85. The molecule has 3 rings (SSSR count). The number of hydrogen-bond donors (Lipinski definition) is 3. The Morgan fingerprint density at radius 1 is 1.47 bits per heavy atom. The molecule has 1 aliphatic heterocycles. The molecule has 3 N–H and O–H groups in total. The average Bonchev–Trinajstić information content (AvgIpc) is 2.65. The van der Waals surface area contributed by atoms with Crippen LogP contribution in [0.4, 0.5) is 0 Å². The summed E-state index contributed by atoms with van der Waals surface area (Å²) in [6, 6.07) is 5.37. The van der Waals surface area contributed by atoms with Crippen molar-refractivity contribution >= 4 is 32.8 Å². The predicted octanol–water partition coefficient (Wildman–Crippen LogP) is 2.20. The molecular formula is C12H11BrN2O2. The Morgan fingerprint density at radius 3 is 3.06 bits per heavy atom. The average molecular weight is 295 g/mol. The Morgan fingerprint density at radius 2 is 2.29 bits per heavy atom. The molecule has 88 valence electrons. The van der Waals surface area contributed by atoms with E-state index >= 15 is 0 Å². The zero-order valence-corrected chi connectivity index (χ0v) is 10.5. The number of carboxylic acid groups (broad SMARTS) is 1. The molecule has 1 aromatic heterocycles. The highest BCUT2D eigenvalue weighted by atomic mass is 79.9. The highest BCUT2D eigenvalue weighted by Gasteiger charge is 2.28. The lowest BCUT2D eigenvalue weighted by atomic mass is 9.99. The van der Waals surface area contributed by atoms with Crippen LogP contribution in [0.5, 0.6) is 0 Å². The number of benzene rings is 1. The van der Waals surface area contributed by atoms with Crippen LogP contribution in [0.25, 0.3) is 10.9 Å². The Balaban J connectivity index is 2.24. The molecular weight excluding hydrogens is 284 g/mol. The molecule has 1 aromatic carbocycles. The third-order valence-electron chi connectivity index (χ3n) is 3.16. The molecule has 2 heterocycles. The van der Waals surface area contributed by atoms with Crippen molar-refractivity contribution in [2.75, 3.05) is 6.54 Å². The lowest BCUT2D eigenvalue weighted by Gasteiger charge is -2.20. The number of aromatic amines is 1. The number of halogens is 1. The van der Waals surface area contributed by atoms with Crippen LogP contribution in [0.3, 0.4) is 0 Å². The van der Waals surface area contributed by atoms with Gasteiger partial charge in [-0.05, 0) is 24.1 Å². The summed E-state index contributed by atoms with van der Waals surface area (Å²) in [5, 5.41) is 13.3. The summed E-state index contributed by atoms with van der Waals surface area (Å²) < 4.78 is 0.989. The molecule has 2 aromatic rings. The van der Waals surface area contributed by atoms with Gasteiger partial charge in [-0.1, -0.05) is 22.0 Å². The van der Waals surface area contributed by atoms with Gasteiger partial charge in [0.05, 0.1) is 0 Å². The normalized spacial score (nSPS) is 19.2. The molecule has 0 spiro atoms. The predicted molar refractivity (Wildman–Crippen MR) is 68.1 cm³/mol. The van der Waals surface area contributed by atoms with E-state index in [1.807, 2.05) is 18.2 Å². The van der Waals surface area contributed by atoms with Gasteiger partial charge >= 0.3 is 5.97 Å². The van der Waals surface area contributed by atoms with E-state index in [0.717, 1.165) is 33.1 Å². The molecule has 0 fully saturated rings. The smallest absolute Gasteiger partial charge is 0.326 e. The van der Waals surface area contributed by atoms with Crippen LogP contribution in [0.2, 0.25) is 0 Å². The molecule has 0 bridgehead atoms. The molecule has 1 unspecified atom stereocenters. The zero-order valence-electron chi connectivity index (χ0n) is 8.96. The van der Waals surface area contributed by atoms with Gasteiger partial charge in [-0.2, -0.15) is 0 Å². The number of rotatable bonds is 1. The SMILES string of the molecule is O=C(O)C1NCCc2c1[nH]c1cc(Br)ccc21. The minimum Gasteiger partial charge on any atom is -0.480 e. The summed E-state index contributed by atoms with van der Waals surface area (Å²) in [5.74, 6) is -0.837. The Labute approximate surface area is 106 Å². The standard InChI is InChI=1S/C12H11BrN2O2/c13-6-1-2-7-8-3-4-14-11(12(16)17)10(8)15-9(7)5-6/h1-2,5,11,14-15H,3-4H2,(H,16,17). The maximum Gasteiger partial charge on any atom is 0.326 e. The van der Waals surface area contributed by atoms with Gasteiger partial charge in [0.15, 0.2) is 0 Å². The van der Waals surface area contributed by atoms with Gasteiger partial charge in [0.1, 0.15) is 6.04 Å². The largest absolute Gasteiger partial charge is 0.480 e. The molecule has 1 aliphatic rings. The van der Waals surface area contributed by atoms with Gasteiger partial charge in [-0.25, -0.2) is 0 Å². The second-order valence-electron chi connectivity index (χ2n) is 4.18. The molecule has 0 saturated carbocycles. The third-order valence-corrected chi connectivity index (χ3v) is 3.65. The summed E-state index contributed by atoms with van der Waals surface area (Å²) in [7, 11) is 0. The Hall–Kier alpha value is -1.33. The summed E-state index contributed by atoms with van der Waals surface area (Å²) in [6.45, 7) is 0.701. The minimum absolute atomic E-state index is 0.620. The minimum atomic E-state index is -0.837. The highest BCUT2D eigenvalue weighted by Crippen LogP contribution is 2.31. The zero-order chi connectivity index (χ0) is 12.0. The van der Waals surface area contributed by atoms with Crippen molar-refractivity contribution in [3.8, 4) is 0 Å². The third kappa shape index (κ3) is 1.66. The van der Waals surface area contributed by atoms with Gasteiger partial charge in [0, 0.05) is 27.6 Å². The van der Waals surface area contributed by atoms with Crippen LogP contribution >= 0.6 is 15.9 Å². The van der Waals surface area contributed by atoms with E-state index in [0.29, 0.717) is 6.54 Å². The van der Waals surface area contributed by atoms with Crippen molar-refractivity contribution in [1.82, 2.24) is 10.3 Å². The van der Waals surface area contributed by atoms with E-state index in [1.165, 1.54) is 0 Å². The summed E-state index contributed by atoms with van der Waals surface area (Å²) in [4.78, 5) is 14.4. The van der Waals surface area contributed by atoms with Crippen molar-refractivity contribution in [2.24, 2.45) is 0 Å². The number of carboxylic acids is 1. The van der Waals surface area contributed by atoms with E-state index in [1.54, 1.807) is 0 Å². The molecule has 0 radical (unpaired) electrons.